The standard InChI is InChI=1S/C17H19NO2S2/c1-11-8-9-15(21-11)17-18(16(19)12(2)22-17)10-13-6-4-5-7-14(13)20-3/h4-9,12,17H,10H2,1-3H3. The molecule has 0 N–H and O–H groups in total. The fourth-order valence-corrected chi connectivity index (χ4v) is 5.02. The molecule has 0 radical (unpaired) electrons. The van der Waals surface area contributed by atoms with Crippen molar-refractivity contribution in [3.63, 3.8) is 0 Å². The number of aryl methyl sites for hydroxylation is 1. The molecule has 5 heteroatoms. The molecule has 1 aliphatic rings. The Bertz CT molecular complexity index is 683. The van der Waals surface area contributed by atoms with E-state index < -0.39 is 0 Å². The first-order valence-corrected chi connectivity index (χ1v) is 9.00. The van der Waals surface area contributed by atoms with Gasteiger partial charge in [-0.2, -0.15) is 0 Å². The third kappa shape index (κ3) is 2.88. The Morgan fingerprint density at radius 1 is 1.23 bits per heavy atom. The first kappa shape index (κ1) is 15.4. The predicted molar refractivity (Wildman–Crippen MR) is 92.4 cm³/mol. The predicted octanol–water partition coefficient (Wildman–Crippen LogP) is 4.23. The molecule has 22 heavy (non-hydrogen) atoms. The van der Waals surface area contributed by atoms with Gasteiger partial charge in [-0.05, 0) is 32.0 Å². The van der Waals surface area contributed by atoms with Gasteiger partial charge >= 0.3 is 0 Å². The largest absolute Gasteiger partial charge is 0.496 e. The molecule has 1 aromatic heterocycles. The van der Waals surface area contributed by atoms with Crippen LogP contribution in [-0.4, -0.2) is 23.2 Å². The summed E-state index contributed by atoms with van der Waals surface area (Å²) >= 11 is 3.49. The molecular formula is C17H19NO2S2. The highest BCUT2D eigenvalue weighted by atomic mass is 32.2. The number of thioether (sulfide) groups is 1. The van der Waals surface area contributed by atoms with Crippen molar-refractivity contribution in [2.45, 2.75) is 31.0 Å². The van der Waals surface area contributed by atoms with Gasteiger partial charge in [-0.15, -0.1) is 23.1 Å². The van der Waals surface area contributed by atoms with Gasteiger partial charge in [-0.1, -0.05) is 18.2 Å². The topological polar surface area (TPSA) is 29.5 Å². The van der Waals surface area contributed by atoms with Crippen molar-refractivity contribution in [2.24, 2.45) is 0 Å². The number of hydrogen-bond acceptors (Lipinski definition) is 4. The minimum atomic E-state index is 0.00196. The molecule has 3 nitrogen and oxygen atoms in total. The van der Waals surface area contributed by atoms with Crippen molar-refractivity contribution in [3.05, 3.63) is 51.7 Å². The number of carbonyl (C=O) groups is 1. The Hall–Kier alpha value is -1.46. The lowest BCUT2D eigenvalue weighted by Gasteiger charge is -2.24. The number of benzene rings is 1. The Balaban J connectivity index is 1.90. The fourth-order valence-electron chi connectivity index (χ4n) is 2.66. The first-order valence-electron chi connectivity index (χ1n) is 7.24. The van der Waals surface area contributed by atoms with E-state index in [0.717, 1.165) is 11.3 Å². The van der Waals surface area contributed by atoms with Crippen LogP contribution in [0.4, 0.5) is 0 Å². The van der Waals surface area contributed by atoms with Gasteiger partial charge in [-0.3, -0.25) is 4.79 Å². The van der Waals surface area contributed by atoms with Gasteiger partial charge in [0.15, 0.2) is 0 Å². The number of hydrogen-bond donors (Lipinski definition) is 0. The van der Waals surface area contributed by atoms with Crippen molar-refractivity contribution in [1.82, 2.24) is 4.90 Å². The SMILES string of the molecule is COc1ccccc1CN1C(=O)C(C)SC1c1ccc(C)s1. The van der Waals surface area contributed by atoms with Gasteiger partial charge in [0.1, 0.15) is 11.1 Å². The number of thiophene rings is 1. The molecule has 1 aliphatic heterocycles. The van der Waals surface area contributed by atoms with Crippen LogP contribution in [-0.2, 0) is 11.3 Å². The summed E-state index contributed by atoms with van der Waals surface area (Å²) in [6, 6.07) is 12.2. The van der Waals surface area contributed by atoms with Crippen molar-refractivity contribution in [1.29, 1.82) is 0 Å². The maximum absolute atomic E-state index is 12.6. The smallest absolute Gasteiger partial charge is 0.236 e. The molecule has 1 fully saturated rings. The number of amides is 1. The van der Waals surface area contributed by atoms with Gasteiger partial charge in [0.05, 0.1) is 18.9 Å². The summed E-state index contributed by atoms with van der Waals surface area (Å²) in [6.07, 6.45) is 0. The van der Waals surface area contributed by atoms with Gasteiger partial charge in [0, 0.05) is 15.3 Å². The van der Waals surface area contributed by atoms with Crippen molar-refractivity contribution in [3.8, 4) is 5.75 Å². The summed E-state index contributed by atoms with van der Waals surface area (Å²) in [7, 11) is 1.67. The molecule has 2 aromatic rings. The second-order valence-corrected chi connectivity index (χ2v) is 8.10. The van der Waals surface area contributed by atoms with Crippen LogP contribution in [0.15, 0.2) is 36.4 Å². The molecule has 1 amide bonds. The van der Waals surface area contributed by atoms with E-state index in [1.165, 1.54) is 9.75 Å². The van der Waals surface area contributed by atoms with E-state index in [-0.39, 0.29) is 16.5 Å². The normalized spacial score (nSPS) is 21.4. The Kier molecular flexibility index (Phi) is 4.45. The van der Waals surface area contributed by atoms with E-state index in [4.69, 9.17) is 4.74 Å². The number of para-hydroxylation sites is 1. The van der Waals surface area contributed by atoms with Crippen LogP contribution in [0.1, 0.15) is 27.6 Å². The molecule has 0 aliphatic carbocycles. The van der Waals surface area contributed by atoms with Gasteiger partial charge in [-0.25, -0.2) is 0 Å². The van der Waals surface area contributed by atoms with Gasteiger partial charge < -0.3 is 9.64 Å². The second kappa shape index (κ2) is 6.34. The van der Waals surface area contributed by atoms with Crippen LogP contribution >= 0.6 is 23.1 Å². The molecular weight excluding hydrogens is 314 g/mol. The van der Waals surface area contributed by atoms with E-state index in [1.807, 2.05) is 36.1 Å². The maximum Gasteiger partial charge on any atom is 0.236 e. The Labute approximate surface area is 139 Å². The third-order valence-electron chi connectivity index (χ3n) is 3.78. The number of nitrogens with zero attached hydrogens (tertiary/aromatic N) is 1. The Morgan fingerprint density at radius 3 is 2.68 bits per heavy atom. The molecule has 2 heterocycles. The highest BCUT2D eigenvalue weighted by Gasteiger charge is 2.39. The highest BCUT2D eigenvalue weighted by molar-refractivity contribution is 8.01. The summed E-state index contributed by atoms with van der Waals surface area (Å²) in [5.41, 5.74) is 1.05. The lowest BCUT2D eigenvalue weighted by molar-refractivity contribution is -0.130. The molecule has 2 unspecified atom stereocenters. The average Bonchev–Trinajstić information content (AvgIpc) is 3.06. The summed E-state index contributed by atoms with van der Waals surface area (Å²) < 4.78 is 5.42. The van der Waals surface area contributed by atoms with E-state index in [9.17, 15) is 4.79 Å². The number of ether oxygens (including phenoxy) is 1. The lowest BCUT2D eigenvalue weighted by Crippen LogP contribution is -2.29. The highest BCUT2D eigenvalue weighted by Crippen LogP contribution is 2.46. The summed E-state index contributed by atoms with van der Waals surface area (Å²) in [5.74, 6) is 1.04. The molecule has 0 bridgehead atoms. The number of rotatable bonds is 4. The van der Waals surface area contributed by atoms with Crippen LogP contribution in [0.3, 0.4) is 0 Å². The molecule has 1 aromatic carbocycles. The summed E-state index contributed by atoms with van der Waals surface area (Å²) in [5, 5.41) is 0.105. The minimum Gasteiger partial charge on any atom is -0.496 e. The van der Waals surface area contributed by atoms with Crippen molar-refractivity contribution < 1.29 is 9.53 Å². The minimum absolute atomic E-state index is 0.00196. The van der Waals surface area contributed by atoms with Crippen molar-refractivity contribution in [2.75, 3.05) is 7.11 Å². The van der Waals surface area contributed by atoms with Gasteiger partial charge in [0.25, 0.3) is 0 Å². The fraction of sp³-hybridized carbons (Fsp3) is 0.353. The maximum atomic E-state index is 12.6. The zero-order valence-electron chi connectivity index (χ0n) is 12.9. The quantitative estimate of drug-likeness (QED) is 0.839. The van der Waals surface area contributed by atoms with Crippen LogP contribution in [0.25, 0.3) is 0 Å². The molecule has 1 saturated heterocycles. The molecule has 116 valence electrons. The summed E-state index contributed by atoms with van der Waals surface area (Å²) in [4.78, 5) is 17.1. The molecule has 0 spiro atoms. The number of methoxy groups -OCH3 is 1. The van der Waals surface area contributed by atoms with Crippen LogP contribution in [0.5, 0.6) is 5.75 Å². The van der Waals surface area contributed by atoms with E-state index >= 15 is 0 Å². The Morgan fingerprint density at radius 2 is 2.00 bits per heavy atom. The van der Waals surface area contributed by atoms with Crippen molar-refractivity contribution >= 4 is 29.0 Å². The zero-order chi connectivity index (χ0) is 15.7. The van der Waals surface area contributed by atoms with E-state index in [2.05, 4.69) is 19.1 Å². The molecule has 2 atom stereocenters. The number of carbonyl (C=O) groups excluding carboxylic acids is 1. The third-order valence-corrected chi connectivity index (χ3v) is 6.36. The van der Waals surface area contributed by atoms with E-state index in [0.29, 0.717) is 6.54 Å². The van der Waals surface area contributed by atoms with E-state index in [1.54, 1.807) is 30.2 Å². The second-order valence-electron chi connectivity index (χ2n) is 5.36. The lowest BCUT2D eigenvalue weighted by atomic mass is 10.1. The zero-order valence-corrected chi connectivity index (χ0v) is 14.5. The first-order chi connectivity index (χ1) is 10.6. The summed E-state index contributed by atoms with van der Waals surface area (Å²) in [6.45, 7) is 4.67. The van der Waals surface area contributed by atoms with Crippen LogP contribution in [0, 0.1) is 6.92 Å². The molecule has 3 rings (SSSR count). The van der Waals surface area contributed by atoms with Gasteiger partial charge in [0.2, 0.25) is 5.91 Å². The monoisotopic (exact) mass is 333 g/mol. The average molecular weight is 333 g/mol. The molecule has 0 saturated carbocycles. The van der Waals surface area contributed by atoms with Crippen LogP contribution < -0.4 is 4.74 Å². The van der Waals surface area contributed by atoms with Crippen LogP contribution in [0.2, 0.25) is 0 Å².